The molecule has 5 rings (SSSR count). The van der Waals surface area contributed by atoms with E-state index in [9.17, 15) is 8.42 Å². The van der Waals surface area contributed by atoms with Gasteiger partial charge >= 0.3 is 0 Å². The summed E-state index contributed by atoms with van der Waals surface area (Å²) in [7, 11) is -3.79. The number of nitrogens with zero attached hydrogens (tertiary/aromatic N) is 3. The van der Waals surface area contributed by atoms with E-state index < -0.39 is 10.0 Å². The van der Waals surface area contributed by atoms with E-state index in [1.54, 1.807) is 0 Å². The molecule has 0 amide bonds. The van der Waals surface area contributed by atoms with Gasteiger partial charge in [0.25, 0.3) is 10.0 Å². The van der Waals surface area contributed by atoms with Crippen LogP contribution in [-0.4, -0.2) is 24.1 Å². The normalized spacial score (nSPS) is 13.9. The third-order valence-corrected chi connectivity index (χ3v) is 8.26. The van der Waals surface area contributed by atoms with Gasteiger partial charge < -0.3 is 0 Å². The van der Waals surface area contributed by atoms with Crippen molar-refractivity contribution >= 4 is 27.5 Å². The molecule has 1 aromatic heterocycles. The minimum Gasteiger partial charge on any atom is -0.261 e. The molecule has 0 unspecified atom stereocenters. The third kappa shape index (κ3) is 4.38. The van der Waals surface area contributed by atoms with Crippen molar-refractivity contribution < 1.29 is 8.42 Å². The Kier molecular flexibility index (Phi) is 5.91. The van der Waals surface area contributed by atoms with Crippen LogP contribution in [0.3, 0.4) is 0 Å². The summed E-state index contributed by atoms with van der Waals surface area (Å²) >= 11 is 1.54. The summed E-state index contributed by atoms with van der Waals surface area (Å²) in [6.45, 7) is 2.27. The van der Waals surface area contributed by atoms with Gasteiger partial charge in [0.05, 0.1) is 24.1 Å². The molecule has 0 N–H and O–H groups in total. The molecule has 33 heavy (non-hydrogen) atoms. The number of benzene rings is 3. The van der Waals surface area contributed by atoms with Gasteiger partial charge in [0.15, 0.2) is 5.16 Å². The molecule has 0 bridgehead atoms. The Hall–Kier alpha value is -3.16. The number of aromatic nitrogens is 2. The molecule has 0 spiro atoms. The van der Waals surface area contributed by atoms with Gasteiger partial charge in [-0.1, -0.05) is 90.1 Å². The van der Waals surface area contributed by atoms with Gasteiger partial charge in [-0.05, 0) is 30.5 Å². The first-order valence-electron chi connectivity index (χ1n) is 10.7. The SMILES string of the molecule is Cc1ccc(CN2c3ccccc3-c3nc(SCCc4ccccc4)ncc3S2(=O)=O)cc1. The molecule has 2 heterocycles. The van der Waals surface area contributed by atoms with E-state index in [0.29, 0.717) is 16.5 Å². The van der Waals surface area contributed by atoms with Crippen LogP contribution in [0.15, 0.2) is 95.1 Å². The molecule has 1 aliphatic heterocycles. The number of thioether (sulfide) groups is 1. The average molecular weight is 474 g/mol. The van der Waals surface area contributed by atoms with Crippen LogP contribution >= 0.6 is 11.8 Å². The second-order valence-corrected chi connectivity index (χ2v) is 10.9. The number of sulfonamides is 1. The molecule has 0 aliphatic carbocycles. The van der Waals surface area contributed by atoms with Crippen LogP contribution < -0.4 is 4.31 Å². The van der Waals surface area contributed by atoms with E-state index in [4.69, 9.17) is 0 Å². The average Bonchev–Trinajstić information content (AvgIpc) is 2.83. The van der Waals surface area contributed by atoms with Crippen LogP contribution in [0.5, 0.6) is 0 Å². The van der Waals surface area contributed by atoms with E-state index in [1.807, 2.05) is 73.7 Å². The Labute approximate surface area is 198 Å². The van der Waals surface area contributed by atoms with Crippen molar-refractivity contribution in [3.05, 3.63) is 102 Å². The van der Waals surface area contributed by atoms with Crippen molar-refractivity contribution in [1.82, 2.24) is 9.97 Å². The second-order valence-electron chi connectivity index (χ2n) is 7.96. The monoisotopic (exact) mass is 473 g/mol. The highest BCUT2D eigenvalue weighted by Crippen LogP contribution is 2.42. The Bertz CT molecular complexity index is 1390. The first-order chi connectivity index (χ1) is 16.0. The maximum atomic E-state index is 13.6. The zero-order valence-electron chi connectivity index (χ0n) is 18.2. The van der Waals surface area contributed by atoms with Crippen molar-refractivity contribution in [2.75, 3.05) is 10.1 Å². The molecule has 4 aromatic rings. The summed E-state index contributed by atoms with van der Waals surface area (Å²) in [6.07, 6.45) is 2.35. The lowest BCUT2D eigenvalue weighted by atomic mass is 10.1. The summed E-state index contributed by atoms with van der Waals surface area (Å²) in [4.78, 5) is 9.22. The Morgan fingerprint density at radius 2 is 1.61 bits per heavy atom. The van der Waals surface area contributed by atoms with Gasteiger partial charge in [-0.3, -0.25) is 4.31 Å². The van der Waals surface area contributed by atoms with Gasteiger partial charge in [-0.15, -0.1) is 0 Å². The highest BCUT2D eigenvalue weighted by Gasteiger charge is 2.36. The lowest BCUT2D eigenvalue weighted by Crippen LogP contribution is -2.34. The Balaban J connectivity index is 1.46. The maximum absolute atomic E-state index is 13.6. The lowest BCUT2D eigenvalue weighted by molar-refractivity contribution is 0.588. The van der Waals surface area contributed by atoms with E-state index in [-0.39, 0.29) is 11.4 Å². The van der Waals surface area contributed by atoms with Crippen LogP contribution in [0.25, 0.3) is 11.3 Å². The Morgan fingerprint density at radius 1 is 0.879 bits per heavy atom. The van der Waals surface area contributed by atoms with Crippen molar-refractivity contribution in [2.24, 2.45) is 0 Å². The van der Waals surface area contributed by atoms with Crippen molar-refractivity contribution in [1.29, 1.82) is 0 Å². The van der Waals surface area contributed by atoms with E-state index in [1.165, 1.54) is 27.8 Å². The van der Waals surface area contributed by atoms with Crippen LogP contribution in [-0.2, 0) is 23.0 Å². The molecule has 166 valence electrons. The van der Waals surface area contributed by atoms with Crippen LogP contribution in [0.2, 0.25) is 0 Å². The standard InChI is InChI=1S/C26H23N3O2S2/c1-19-11-13-21(14-12-19)18-29-23-10-6-5-9-22(23)25-24(33(29,30)31)17-27-26(28-25)32-16-15-20-7-3-2-4-8-20/h2-14,17H,15-16,18H2,1H3. The number of rotatable bonds is 6. The predicted octanol–water partition coefficient (Wildman–Crippen LogP) is 5.50. The number of aryl methyl sites for hydroxylation is 2. The highest BCUT2D eigenvalue weighted by molar-refractivity contribution is 7.99. The third-order valence-electron chi connectivity index (χ3n) is 5.64. The number of anilines is 1. The number of hydrogen-bond donors (Lipinski definition) is 0. The molecule has 0 saturated heterocycles. The summed E-state index contributed by atoms with van der Waals surface area (Å²) in [5.41, 5.74) is 5.24. The topological polar surface area (TPSA) is 63.2 Å². The van der Waals surface area contributed by atoms with Crippen LogP contribution in [0.4, 0.5) is 5.69 Å². The summed E-state index contributed by atoms with van der Waals surface area (Å²) in [5.74, 6) is 0.816. The summed E-state index contributed by atoms with van der Waals surface area (Å²) < 4.78 is 28.6. The molecule has 1 aliphatic rings. The first-order valence-corrected chi connectivity index (χ1v) is 13.2. The van der Waals surface area contributed by atoms with Gasteiger partial charge in [-0.2, -0.15) is 0 Å². The summed E-state index contributed by atoms with van der Waals surface area (Å²) in [6, 6.07) is 25.7. The van der Waals surface area contributed by atoms with E-state index >= 15 is 0 Å². The minimum absolute atomic E-state index is 0.153. The van der Waals surface area contributed by atoms with Crippen LogP contribution in [0, 0.1) is 6.92 Å². The highest BCUT2D eigenvalue weighted by atomic mass is 32.2. The largest absolute Gasteiger partial charge is 0.268 e. The number of fused-ring (bicyclic) bond motifs is 3. The molecular formula is C26H23N3O2S2. The number of hydrogen-bond acceptors (Lipinski definition) is 5. The lowest BCUT2D eigenvalue weighted by Gasteiger charge is -2.31. The van der Waals surface area contributed by atoms with Gasteiger partial charge in [0.2, 0.25) is 0 Å². The zero-order valence-corrected chi connectivity index (χ0v) is 19.8. The fourth-order valence-electron chi connectivity index (χ4n) is 3.88. The zero-order chi connectivity index (χ0) is 22.8. The van der Waals surface area contributed by atoms with E-state index in [0.717, 1.165) is 28.9 Å². The molecule has 0 saturated carbocycles. The second kappa shape index (κ2) is 9.00. The van der Waals surface area contributed by atoms with Crippen molar-refractivity contribution in [3.63, 3.8) is 0 Å². The maximum Gasteiger partial charge on any atom is 0.268 e. The smallest absolute Gasteiger partial charge is 0.261 e. The van der Waals surface area contributed by atoms with Gasteiger partial charge in [-0.25, -0.2) is 18.4 Å². The quantitative estimate of drug-likeness (QED) is 0.273. The molecule has 3 aromatic carbocycles. The molecular weight excluding hydrogens is 450 g/mol. The van der Waals surface area contributed by atoms with E-state index in [2.05, 4.69) is 22.1 Å². The first kappa shape index (κ1) is 21.7. The van der Waals surface area contributed by atoms with Gasteiger partial charge in [0, 0.05) is 11.3 Å². The molecule has 5 nitrogen and oxygen atoms in total. The fraction of sp³-hybridized carbons (Fsp3) is 0.154. The van der Waals surface area contributed by atoms with Crippen LogP contribution in [0.1, 0.15) is 16.7 Å². The Morgan fingerprint density at radius 3 is 2.39 bits per heavy atom. The molecule has 7 heteroatoms. The summed E-state index contributed by atoms with van der Waals surface area (Å²) in [5, 5.41) is 0.585. The van der Waals surface area contributed by atoms with Crippen molar-refractivity contribution in [2.45, 2.75) is 29.9 Å². The minimum atomic E-state index is -3.79. The number of para-hydroxylation sites is 1. The molecule has 0 radical (unpaired) electrons. The fourth-order valence-corrected chi connectivity index (χ4v) is 6.24. The molecule has 0 atom stereocenters. The molecule has 0 fully saturated rings. The van der Waals surface area contributed by atoms with Gasteiger partial charge in [0.1, 0.15) is 4.90 Å². The predicted molar refractivity (Wildman–Crippen MR) is 133 cm³/mol. The van der Waals surface area contributed by atoms with Crippen molar-refractivity contribution in [3.8, 4) is 11.3 Å².